The zero-order valence-corrected chi connectivity index (χ0v) is 14.3. The van der Waals surface area contributed by atoms with Crippen LogP contribution >= 0.6 is 11.3 Å². The second-order valence-electron chi connectivity index (χ2n) is 5.43. The molecule has 24 heavy (non-hydrogen) atoms. The SMILES string of the molecule is CC/C=C(\C=C1/COCO1)C1=Nc2sc(C#N)c(C)c2CC(=O)N1. The van der Waals surface area contributed by atoms with Crippen LogP contribution in [0.15, 0.2) is 28.5 Å². The van der Waals surface area contributed by atoms with Crippen molar-refractivity contribution in [1.82, 2.24) is 5.32 Å². The lowest BCUT2D eigenvalue weighted by molar-refractivity contribution is -0.119. The maximum absolute atomic E-state index is 12.3. The first kappa shape index (κ1) is 16.4. The second-order valence-corrected chi connectivity index (χ2v) is 6.43. The van der Waals surface area contributed by atoms with Crippen LogP contribution in [-0.4, -0.2) is 25.1 Å². The highest BCUT2D eigenvalue weighted by atomic mass is 32.1. The Bertz CT molecular complexity index is 804. The maximum Gasteiger partial charge on any atom is 0.230 e. The summed E-state index contributed by atoms with van der Waals surface area (Å²) in [4.78, 5) is 17.5. The summed E-state index contributed by atoms with van der Waals surface area (Å²) in [7, 11) is 0. The fourth-order valence-electron chi connectivity index (χ4n) is 2.54. The number of hydrogen-bond donors (Lipinski definition) is 1. The van der Waals surface area contributed by atoms with E-state index in [-0.39, 0.29) is 19.1 Å². The monoisotopic (exact) mass is 343 g/mol. The van der Waals surface area contributed by atoms with E-state index < -0.39 is 0 Å². The van der Waals surface area contributed by atoms with Crippen LogP contribution < -0.4 is 5.32 Å². The van der Waals surface area contributed by atoms with E-state index in [2.05, 4.69) is 16.4 Å². The van der Waals surface area contributed by atoms with E-state index in [1.54, 1.807) is 0 Å². The molecule has 2 aliphatic rings. The fraction of sp³-hybridized carbons (Fsp3) is 0.353. The van der Waals surface area contributed by atoms with Gasteiger partial charge in [-0.1, -0.05) is 13.0 Å². The number of thiophene rings is 1. The average molecular weight is 343 g/mol. The van der Waals surface area contributed by atoms with E-state index in [1.807, 2.05) is 26.0 Å². The Labute approximate surface area is 144 Å². The first-order valence-electron chi connectivity index (χ1n) is 7.65. The van der Waals surface area contributed by atoms with Gasteiger partial charge >= 0.3 is 0 Å². The van der Waals surface area contributed by atoms with Gasteiger partial charge in [-0.25, -0.2) is 4.99 Å². The van der Waals surface area contributed by atoms with Crippen molar-refractivity contribution in [3.05, 3.63) is 39.5 Å². The van der Waals surface area contributed by atoms with E-state index in [9.17, 15) is 10.1 Å². The van der Waals surface area contributed by atoms with Crippen LogP contribution in [0.1, 0.15) is 29.3 Å². The summed E-state index contributed by atoms with van der Waals surface area (Å²) in [6, 6.07) is 2.17. The highest BCUT2D eigenvalue weighted by Gasteiger charge is 2.23. The molecule has 0 radical (unpaired) electrons. The number of nitriles is 1. The van der Waals surface area contributed by atoms with Gasteiger partial charge in [-0.2, -0.15) is 5.26 Å². The van der Waals surface area contributed by atoms with Crippen LogP contribution in [-0.2, 0) is 20.7 Å². The van der Waals surface area contributed by atoms with Gasteiger partial charge in [0.1, 0.15) is 34.1 Å². The molecule has 3 rings (SSSR count). The molecule has 0 spiro atoms. The third kappa shape index (κ3) is 3.25. The summed E-state index contributed by atoms with van der Waals surface area (Å²) in [6.45, 7) is 4.52. The molecule has 0 saturated carbocycles. The third-order valence-corrected chi connectivity index (χ3v) is 4.88. The van der Waals surface area contributed by atoms with Gasteiger partial charge in [0.15, 0.2) is 6.79 Å². The van der Waals surface area contributed by atoms with Gasteiger partial charge < -0.3 is 14.8 Å². The predicted octanol–water partition coefficient (Wildman–Crippen LogP) is 2.86. The van der Waals surface area contributed by atoms with Crippen molar-refractivity contribution in [2.24, 2.45) is 4.99 Å². The van der Waals surface area contributed by atoms with Gasteiger partial charge in [0, 0.05) is 11.1 Å². The highest BCUT2D eigenvalue weighted by molar-refractivity contribution is 7.16. The molecule has 124 valence electrons. The zero-order chi connectivity index (χ0) is 17.1. The van der Waals surface area contributed by atoms with Crippen molar-refractivity contribution in [2.45, 2.75) is 26.7 Å². The Morgan fingerprint density at radius 1 is 1.54 bits per heavy atom. The van der Waals surface area contributed by atoms with Gasteiger partial charge in [-0.3, -0.25) is 4.79 Å². The van der Waals surface area contributed by atoms with Crippen molar-refractivity contribution in [1.29, 1.82) is 5.26 Å². The van der Waals surface area contributed by atoms with E-state index in [4.69, 9.17) is 9.47 Å². The minimum absolute atomic E-state index is 0.137. The number of carbonyl (C=O) groups excluding carboxylic acids is 1. The summed E-state index contributed by atoms with van der Waals surface area (Å²) < 4.78 is 10.6. The Balaban J connectivity index is 2.05. The molecule has 0 unspecified atom stereocenters. The van der Waals surface area contributed by atoms with Gasteiger partial charge in [-0.05, 0) is 25.0 Å². The number of rotatable bonds is 3. The van der Waals surface area contributed by atoms with Crippen LogP contribution in [0.25, 0.3) is 0 Å². The average Bonchev–Trinajstić information content (AvgIpc) is 3.12. The topological polar surface area (TPSA) is 83.7 Å². The van der Waals surface area contributed by atoms with Crippen LogP contribution in [0.4, 0.5) is 5.00 Å². The van der Waals surface area contributed by atoms with Gasteiger partial charge in [0.2, 0.25) is 5.91 Å². The molecule has 0 atom stereocenters. The number of carbonyl (C=O) groups is 1. The Morgan fingerprint density at radius 2 is 2.38 bits per heavy atom. The lowest BCUT2D eigenvalue weighted by atomic mass is 10.1. The van der Waals surface area contributed by atoms with Crippen molar-refractivity contribution in [3.8, 4) is 6.07 Å². The third-order valence-electron chi connectivity index (χ3n) is 3.75. The number of ether oxygens (including phenoxy) is 2. The second kappa shape index (κ2) is 6.99. The Morgan fingerprint density at radius 3 is 3.04 bits per heavy atom. The molecule has 2 aliphatic heterocycles. The molecule has 0 aromatic carbocycles. The van der Waals surface area contributed by atoms with E-state index in [0.717, 1.165) is 23.1 Å². The lowest BCUT2D eigenvalue weighted by Crippen LogP contribution is -2.31. The standard InChI is InChI=1S/C17H17N3O3S/c1-3-4-11(5-12-8-22-9-23-12)16-19-15(21)6-13-10(2)14(7-18)24-17(13)20-16/h4-5H,3,6,8-9H2,1-2H3,(H,19,20,21)/b11-4+,12-5+. The summed E-state index contributed by atoms with van der Waals surface area (Å²) >= 11 is 1.31. The van der Waals surface area contributed by atoms with Crippen LogP contribution in [0, 0.1) is 18.3 Å². The molecule has 1 N–H and O–H groups in total. The number of nitrogens with zero attached hydrogens (tertiary/aromatic N) is 2. The molecule has 0 aliphatic carbocycles. The predicted molar refractivity (Wildman–Crippen MR) is 91.1 cm³/mol. The van der Waals surface area contributed by atoms with Crippen LogP contribution in [0.3, 0.4) is 0 Å². The number of allylic oxidation sites excluding steroid dienone is 1. The zero-order valence-electron chi connectivity index (χ0n) is 13.5. The van der Waals surface area contributed by atoms with E-state index in [1.165, 1.54) is 11.3 Å². The van der Waals surface area contributed by atoms with Crippen molar-refractivity contribution >= 4 is 28.1 Å². The Kier molecular flexibility index (Phi) is 4.79. The molecular weight excluding hydrogens is 326 g/mol. The smallest absolute Gasteiger partial charge is 0.230 e. The number of hydrogen-bond acceptors (Lipinski definition) is 6. The lowest BCUT2D eigenvalue weighted by Gasteiger charge is -2.08. The first-order chi connectivity index (χ1) is 11.6. The minimum Gasteiger partial charge on any atom is -0.469 e. The number of amides is 1. The summed E-state index contributed by atoms with van der Waals surface area (Å²) in [5, 5.41) is 12.8. The number of nitrogens with one attached hydrogen (secondary N) is 1. The summed E-state index contributed by atoms with van der Waals surface area (Å²) in [5.74, 6) is 1.05. The largest absolute Gasteiger partial charge is 0.469 e. The van der Waals surface area contributed by atoms with Crippen LogP contribution in [0.5, 0.6) is 0 Å². The molecule has 1 aromatic heterocycles. The minimum atomic E-state index is -0.137. The summed E-state index contributed by atoms with van der Waals surface area (Å²) in [5.41, 5.74) is 2.45. The molecule has 0 bridgehead atoms. The molecule has 1 saturated heterocycles. The molecule has 3 heterocycles. The highest BCUT2D eigenvalue weighted by Crippen LogP contribution is 2.36. The number of aliphatic imine (C=N–C) groups is 1. The van der Waals surface area contributed by atoms with Crippen molar-refractivity contribution < 1.29 is 14.3 Å². The maximum atomic E-state index is 12.3. The Hall–Kier alpha value is -2.43. The van der Waals surface area contributed by atoms with E-state index in [0.29, 0.717) is 28.1 Å². The quantitative estimate of drug-likeness (QED) is 0.915. The molecule has 6 nitrogen and oxygen atoms in total. The van der Waals surface area contributed by atoms with Crippen molar-refractivity contribution in [3.63, 3.8) is 0 Å². The molecule has 1 aromatic rings. The normalized spacial score (nSPS) is 19.2. The number of amidine groups is 1. The van der Waals surface area contributed by atoms with Gasteiger partial charge in [-0.15, -0.1) is 11.3 Å². The molecule has 1 fully saturated rings. The van der Waals surface area contributed by atoms with Gasteiger partial charge in [0.05, 0.1) is 6.42 Å². The molecule has 1 amide bonds. The van der Waals surface area contributed by atoms with E-state index >= 15 is 0 Å². The van der Waals surface area contributed by atoms with Crippen LogP contribution in [0.2, 0.25) is 0 Å². The molecular formula is C17H17N3O3S. The first-order valence-corrected chi connectivity index (χ1v) is 8.46. The molecule has 7 heteroatoms. The fourth-order valence-corrected chi connectivity index (χ4v) is 3.54. The van der Waals surface area contributed by atoms with Crippen molar-refractivity contribution in [2.75, 3.05) is 13.4 Å². The summed E-state index contributed by atoms with van der Waals surface area (Å²) in [6.07, 6.45) is 4.83. The number of fused-ring (bicyclic) bond motifs is 1. The van der Waals surface area contributed by atoms with Gasteiger partial charge in [0.25, 0.3) is 0 Å².